The monoisotopic (exact) mass is 364 g/mol. The maximum atomic E-state index is 13.4. The Morgan fingerprint density at radius 2 is 2.10 bits per heavy atom. The maximum absolute atomic E-state index is 13.4. The first-order chi connectivity index (χ1) is 9.36. The van der Waals surface area contributed by atoms with Crippen molar-refractivity contribution in [1.82, 2.24) is 4.31 Å². The Morgan fingerprint density at radius 1 is 1.45 bits per heavy atom. The lowest BCUT2D eigenvalue weighted by Crippen LogP contribution is -2.34. The molecule has 2 rings (SSSR count). The van der Waals surface area contributed by atoms with Crippen molar-refractivity contribution in [2.24, 2.45) is 5.92 Å². The molecule has 0 atom stereocenters. The third-order valence-corrected chi connectivity index (χ3v) is 5.83. The first-order valence-corrected chi connectivity index (χ1v) is 8.84. The van der Waals surface area contributed by atoms with Gasteiger partial charge in [0.05, 0.1) is 10.2 Å². The Labute approximate surface area is 127 Å². The van der Waals surface area contributed by atoms with Gasteiger partial charge in [-0.1, -0.05) is 6.92 Å². The Hall–Kier alpha value is -0.660. The van der Waals surface area contributed by atoms with Crippen LogP contribution in [-0.2, 0) is 10.0 Å². The van der Waals surface area contributed by atoms with Gasteiger partial charge in [-0.15, -0.1) is 0 Å². The lowest BCUT2D eigenvalue weighted by molar-refractivity contribution is 0.396. The summed E-state index contributed by atoms with van der Waals surface area (Å²) in [7, 11) is -3.68. The van der Waals surface area contributed by atoms with Crippen LogP contribution < -0.4 is 5.73 Å². The van der Waals surface area contributed by atoms with Crippen LogP contribution in [-0.4, -0.2) is 25.8 Å². The average molecular weight is 365 g/mol. The fourth-order valence-electron chi connectivity index (χ4n) is 2.05. The van der Waals surface area contributed by atoms with Crippen LogP contribution in [0.3, 0.4) is 0 Å². The zero-order chi connectivity index (χ0) is 14.9. The molecule has 1 aromatic rings. The number of sulfonamides is 1. The highest BCUT2D eigenvalue weighted by atomic mass is 79.9. The number of hydrogen-bond donors (Lipinski definition) is 1. The second-order valence-electron chi connectivity index (χ2n) is 5.11. The third kappa shape index (κ3) is 3.32. The molecule has 0 heterocycles. The van der Waals surface area contributed by atoms with Crippen molar-refractivity contribution < 1.29 is 12.8 Å². The molecule has 20 heavy (non-hydrogen) atoms. The molecule has 0 aliphatic heterocycles. The Kier molecular flexibility index (Phi) is 4.71. The average Bonchev–Trinajstić information content (AvgIpc) is 3.17. The molecule has 1 aliphatic carbocycles. The predicted molar refractivity (Wildman–Crippen MR) is 80.3 cm³/mol. The molecule has 1 aromatic carbocycles. The second-order valence-corrected chi connectivity index (χ2v) is 7.87. The molecular weight excluding hydrogens is 347 g/mol. The Bertz CT molecular complexity index is 603. The molecule has 0 amide bonds. The van der Waals surface area contributed by atoms with Gasteiger partial charge in [-0.3, -0.25) is 0 Å². The van der Waals surface area contributed by atoms with Crippen molar-refractivity contribution in [2.45, 2.75) is 31.1 Å². The van der Waals surface area contributed by atoms with Gasteiger partial charge in [0.1, 0.15) is 10.7 Å². The molecule has 1 aliphatic rings. The number of nitrogens with two attached hydrogens (primary N) is 1. The van der Waals surface area contributed by atoms with Gasteiger partial charge in [-0.05, 0) is 53.2 Å². The Balaban J connectivity index is 2.38. The second kappa shape index (κ2) is 5.99. The van der Waals surface area contributed by atoms with Gasteiger partial charge >= 0.3 is 0 Å². The number of benzene rings is 1. The van der Waals surface area contributed by atoms with Crippen LogP contribution in [0.5, 0.6) is 0 Å². The summed E-state index contributed by atoms with van der Waals surface area (Å²) in [5, 5.41) is 0. The molecule has 0 bridgehead atoms. The molecular formula is C13H18BrFN2O2S. The minimum Gasteiger partial charge on any atom is -0.398 e. The van der Waals surface area contributed by atoms with E-state index in [4.69, 9.17) is 5.73 Å². The van der Waals surface area contributed by atoms with Gasteiger partial charge in [0.2, 0.25) is 10.0 Å². The lowest BCUT2D eigenvalue weighted by Gasteiger charge is -2.22. The third-order valence-electron chi connectivity index (χ3n) is 3.30. The smallest absolute Gasteiger partial charge is 0.245 e. The summed E-state index contributed by atoms with van der Waals surface area (Å²) in [5.74, 6) is -0.118. The normalized spacial score (nSPS) is 15.8. The Morgan fingerprint density at radius 3 is 2.65 bits per heavy atom. The highest BCUT2D eigenvalue weighted by Gasteiger charge is 2.32. The molecule has 0 aromatic heterocycles. The van der Waals surface area contributed by atoms with Crippen LogP contribution in [0.1, 0.15) is 26.2 Å². The van der Waals surface area contributed by atoms with Gasteiger partial charge in [0.15, 0.2) is 0 Å². The van der Waals surface area contributed by atoms with Crippen molar-refractivity contribution in [1.29, 1.82) is 0 Å². The summed E-state index contributed by atoms with van der Waals surface area (Å²) < 4.78 is 40.3. The molecule has 2 N–H and O–H groups in total. The summed E-state index contributed by atoms with van der Waals surface area (Å²) in [4.78, 5) is -0.0279. The number of nitrogens with zero attached hydrogens (tertiary/aromatic N) is 1. The number of hydrogen-bond acceptors (Lipinski definition) is 3. The molecule has 1 saturated carbocycles. The van der Waals surface area contributed by atoms with E-state index in [1.54, 1.807) is 0 Å². The molecule has 112 valence electrons. The first kappa shape index (κ1) is 15.7. The highest BCUT2D eigenvalue weighted by Crippen LogP contribution is 2.33. The van der Waals surface area contributed by atoms with E-state index in [0.717, 1.165) is 25.3 Å². The molecule has 0 unspecified atom stereocenters. The van der Waals surface area contributed by atoms with Crippen molar-refractivity contribution in [2.75, 3.05) is 18.8 Å². The van der Waals surface area contributed by atoms with Gasteiger partial charge < -0.3 is 5.73 Å². The largest absolute Gasteiger partial charge is 0.398 e. The summed E-state index contributed by atoms with van der Waals surface area (Å²) in [6.45, 7) is 2.90. The van der Waals surface area contributed by atoms with Crippen LogP contribution in [0.15, 0.2) is 21.5 Å². The minimum absolute atomic E-state index is 0.0279. The van der Waals surface area contributed by atoms with E-state index in [2.05, 4.69) is 15.9 Å². The molecule has 1 fully saturated rings. The molecule has 0 saturated heterocycles. The topological polar surface area (TPSA) is 63.4 Å². The molecule has 0 spiro atoms. The van der Waals surface area contributed by atoms with Crippen LogP contribution >= 0.6 is 15.9 Å². The standard InChI is InChI=1S/C13H18BrFN2O2S/c1-2-5-17(8-9-3-4-9)20(18,19)13-6-10(14)11(15)7-12(13)16/h6-7,9H,2-5,8,16H2,1H3. The summed E-state index contributed by atoms with van der Waals surface area (Å²) in [5.41, 5.74) is 5.64. The predicted octanol–water partition coefficient (Wildman–Crippen LogP) is 2.98. The van der Waals surface area contributed by atoms with Crippen molar-refractivity contribution in [3.8, 4) is 0 Å². The quantitative estimate of drug-likeness (QED) is 0.789. The minimum atomic E-state index is -3.68. The summed E-state index contributed by atoms with van der Waals surface area (Å²) in [6.07, 6.45) is 2.87. The van der Waals surface area contributed by atoms with E-state index in [-0.39, 0.29) is 15.1 Å². The van der Waals surface area contributed by atoms with Crippen LogP contribution in [0.25, 0.3) is 0 Å². The van der Waals surface area contributed by atoms with E-state index in [1.807, 2.05) is 6.92 Å². The summed E-state index contributed by atoms with van der Waals surface area (Å²) in [6, 6.07) is 2.29. The molecule has 7 heteroatoms. The fraction of sp³-hybridized carbons (Fsp3) is 0.538. The SMILES string of the molecule is CCCN(CC1CC1)S(=O)(=O)c1cc(Br)c(F)cc1N. The van der Waals surface area contributed by atoms with Gasteiger partial charge in [0.25, 0.3) is 0 Å². The maximum Gasteiger partial charge on any atom is 0.245 e. The van der Waals surface area contributed by atoms with E-state index in [9.17, 15) is 12.8 Å². The van der Waals surface area contributed by atoms with Crippen LogP contribution in [0.2, 0.25) is 0 Å². The van der Waals surface area contributed by atoms with Crippen LogP contribution in [0.4, 0.5) is 10.1 Å². The summed E-state index contributed by atoms with van der Waals surface area (Å²) >= 11 is 3.01. The highest BCUT2D eigenvalue weighted by molar-refractivity contribution is 9.10. The van der Waals surface area contributed by atoms with E-state index < -0.39 is 15.8 Å². The number of rotatable bonds is 6. The molecule has 0 radical (unpaired) electrons. The van der Waals surface area contributed by atoms with E-state index in [0.29, 0.717) is 19.0 Å². The van der Waals surface area contributed by atoms with Crippen molar-refractivity contribution in [3.05, 3.63) is 22.4 Å². The lowest BCUT2D eigenvalue weighted by atomic mass is 10.3. The number of halogens is 2. The van der Waals surface area contributed by atoms with Crippen molar-refractivity contribution in [3.63, 3.8) is 0 Å². The van der Waals surface area contributed by atoms with E-state index in [1.165, 1.54) is 10.4 Å². The van der Waals surface area contributed by atoms with Gasteiger partial charge in [0, 0.05) is 13.1 Å². The van der Waals surface area contributed by atoms with E-state index >= 15 is 0 Å². The zero-order valence-electron chi connectivity index (χ0n) is 11.3. The van der Waals surface area contributed by atoms with Crippen LogP contribution in [0, 0.1) is 11.7 Å². The molecule has 4 nitrogen and oxygen atoms in total. The van der Waals surface area contributed by atoms with Crippen molar-refractivity contribution >= 4 is 31.6 Å². The zero-order valence-corrected chi connectivity index (χ0v) is 13.7. The number of nitrogen functional groups attached to an aromatic ring is 1. The van der Waals surface area contributed by atoms with Gasteiger partial charge in [-0.2, -0.15) is 4.31 Å². The van der Waals surface area contributed by atoms with Gasteiger partial charge in [-0.25, -0.2) is 12.8 Å². The first-order valence-electron chi connectivity index (χ1n) is 6.61. The fourth-order valence-corrected chi connectivity index (χ4v) is 4.28. The number of anilines is 1.